The predicted molar refractivity (Wildman–Crippen MR) is 65.5 cm³/mol. The van der Waals surface area contributed by atoms with Gasteiger partial charge in [-0.2, -0.15) is 0 Å². The van der Waals surface area contributed by atoms with E-state index >= 15 is 0 Å². The van der Waals surface area contributed by atoms with Gasteiger partial charge in [0.1, 0.15) is 0 Å². The summed E-state index contributed by atoms with van der Waals surface area (Å²) in [5, 5.41) is 0. The molecule has 0 radical (unpaired) electrons. The van der Waals surface area contributed by atoms with Crippen molar-refractivity contribution in [1.82, 2.24) is 0 Å². The summed E-state index contributed by atoms with van der Waals surface area (Å²) in [5.74, 6) is 0.125. The molecule has 0 bridgehead atoms. The van der Waals surface area contributed by atoms with E-state index in [0.717, 1.165) is 5.56 Å². The summed E-state index contributed by atoms with van der Waals surface area (Å²) in [7, 11) is -3.10. The first-order chi connectivity index (χ1) is 8.10. The molecule has 0 aliphatic heterocycles. The van der Waals surface area contributed by atoms with E-state index in [-0.39, 0.29) is 5.75 Å². The fraction of sp³-hybridized carbons (Fsp3) is 0.500. The lowest BCUT2D eigenvalue weighted by molar-refractivity contribution is -0.290. The van der Waals surface area contributed by atoms with Crippen molar-refractivity contribution in [2.75, 3.05) is 19.0 Å². The van der Waals surface area contributed by atoms with E-state index < -0.39 is 9.84 Å². The third kappa shape index (κ3) is 4.46. The average molecular weight is 258 g/mol. The zero-order valence-electron chi connectivity index (χ0n) is 10.2. The van der Waals surface area contributed by atoms with Gasteiger partial charge in [0.15, 0.2) is 9.84 Å². The van der Waals surface area contributed by atoms with Crippen molar-refractivity contribution >= 4 is 9.84 Å². The minimum absolute atomic E-state index is 0.125. The monoisotopic (exact) mass is 258 g/mol. The summed E-state index contributed by atoms with van der Waals surface area (Å²) in [6.07, 6.45) is 0.701. The van der Waals surface area contributed by atoms with Gasteiger partial charge in [0.05, 0.1) is 23.9 Å². The molecule has 1 aromatic carbocycles. The van der Waals surface area contributed by atoms with Gasteiger partial charge in [0.25, 0.3) is 0 Å². The topological polar surface area (TPSA) is 52.6 Å². The van der Waals surface area contributed by atoms with Crippen LogP contribution in [0, 0.1) is 0 Å². The van der Waals surface area contributed by atoms with Crippen molar-refractivity contribution in [2.45, 2.75) is 25.2 Å². The summed E-state index contributed by atoms with van der Waals surface area (Å²) in [5.41, 5.74) is 1.03. The predicted octanol–water partition coefficient (Wildman–Crippen LogP) is 1.99. The van der Waals surface area contributed by atoms with Gasteiger partial charge in [-0.05, 0) is 31.0 Å². The second-order valence-corrected chi connectivity index (χ2v) is 5.80. The Morgan fingerprint density at radius 1 is 1.06 bits per heavy atom. The van der Waals surface area contributed by atoms with Crippen LogP contribution in [-0.4, -0.2) is 27.4 Å². The van der Waals surface area contributed by atoms with Crippen molar-refractivity contribution in [3.05, 3.63) is 29.8 Å². The minimum atomic E-state index is -3.10. The van der Waals surface area contributed by atoms with Crippen LogP contribution in [0.1, 0.15) is 19.4 Å². The molecule has 1 aromatic rings. The highest BCUT2D eigenvalue weighted by molar-refractivity contribution is 7.91. The third-order valence-electron chi connectivity index (χ3n) is 2.34. The lowest BCUT2D eigenvalue weighted by Crippen LogP contribution is -2.04. The maximum absolute atomic E-state index is 11.6. The van der Waals surface area contributed by atoms with Gasteiger partial charge in [-0.3, -0.25) is 0 Å². The second-order valence-electron chi connectivity index (χ2n) is 3.53. The Morgan fingerprint density at radius 3 is 2.24 bits per heavy atom. The molecule has 0 heterocycles. The molecular formula is C12H18O4S. The standard InChI is InChI=1S/C12H18O4S/c1-3-15-16-10-9-11-5-7-12(8-6-11)17(13,14)4-2/h5-8H,3-4,9-10H2,1-2H3. The fourth-order valence-electron chi connectivity index (χ4n) is 1.33. The zero-order valence-corrected chi connectivity index (χ0v) is 11.0. The third-order valence-corrected chi connectivity index (χ3v) is 4.09. The van der Waals surface area contributed by atoms with E-state index in [1.807, 2.05) is 6.92 Å². The lowest BCUT2D eigenvalue weighted by atomic mass is 10.2. The van der Waals surface area contributed by atoms with Crippen molar-refractivity contribution in [3.63, 3.8) is 0 Å². The first-order valence-electron chi connectivity index (χ1n) is 5.66. The highest BCUT2D eigenvalue weighted by Crippen LogP contribution is 2.12. The van der Waals surface area contributed by atoms with Crippen LogP contribution in [0.4, 0.5) is 0 Å². The normalized spacial score (nSPS) is 11.6. The summed E-state index contributed by atoms with van der Waals surface area (Å²) < 4.78 is 23.1. The van der Waals surface area contributed by atoms with Crippen LogP contribution < -0.4 is 0 Å². The maximum Gasteiger partial charge on any atom is 0.178 e. The van der Waals surface area contributed by atoms with Gasteiger partial charge < -0.3 is 0 Å². The van der Waals surface area contributed by atoms with Crippen molar-refractivity contribution in [3.8, 4) is 0 Å². The Kier molecular flexibility index (Phi) is 5.61. The van der Waals surface area contributed by atoms with Crippen LogP contribution in [-0.2, 0) is 26.0 Å². The van der Waals surface area contributed by atoms with Crippen LogP contribution in [0.5, 0.6) is 0 Å². The summed E-state index contributed by atoms with van der Waals surface area (Å²) in [6, 6.07) is 6.87. The molecule has 0 amide bonds. The number of benzene rings is 1. The average Bonchev–Trinajstić information content (AvgIpc) is 2.35. The van der Waals surface area contributed by atoms with Gasteiger partial charge in [0, 0.05) is 0 Å². The number of sulfone groups is 1. The molecule has 0 saturated heterocycles. The van der Waals surface area contributed by atoms with Crippen molar-refractivity contribution in [1.29, 1.82) is 0 Å². The smallest absolute Gasteiger partial charge is 0.178 e. The van der Waals surface area contributed by atoms with Crippen LogP contribution in [0.3, 0.4) is 0 Å². The van der Waals surface area contributed by atoms with Crippen molar-refractivity contribution < 1.29 is 18.2 Å². The van der Waals surface area contributed by atoms with E-state index in [1.165, 1.54) is 0 Å². The molecule has 0 atom stereocenters. The molecule has 0 aliphatic carbocycles. The highest BCUT2D eigenvalue weighted by Gasteiger charge is 2.10. The van der Waals surface area contributed by atoms with Crippen molar-refractivity contribution in [2.24, 2.45) is 0 Å². The maximum atomic E-state index is 11.6. The summed E-state index contributed by atoms with van der Waals surface area (Å²) in [6.45, 7) is 4.48. The van der Waals surface area contributed by atoms with Gasteiger partial charge >= 0.3 is 0 Å². The quantitative estimate of drug-likeness (QED) is 0.426. The highest BCUT2D eigenvalue weighted by atomic mass is 32.2. The number of hydrogen-bond donors (Lipinski definition) is 0. The van der Waals surface area contributed by atoms with Gasteiger partial charge in [-0.1, -0.05) is 19.1 Å². The molecule has 96 valence electrons. The lowest BCUT2D eigenvalue weighted by Gasteiger charge is -2.04. The Hall–Kier alpha value is -0.910. The van der Waals surface area contributed by atoms with Gasteiger partial charge in [-0.25, -0.2) is 18.2 Å². The van der Waals surface area contributed by atoms with E-state index in [4.69, 9.17) is 9.78 Å². The SMILES string of the molecule is CCOOCCc1ccc(S(=O)(=O)CC)cc1. The van der Waals surface area contributed by atoms with E-state index in [9.17, 15) is 8.42 Å². The first kappa shape index (κ1) is 14.2. The summed E-state index contributed by atoms with van der Waals surface area (Å²) >= 11 is 0. The molecule has 4 nitrogen and oxygen atoms in total. The molecule has 0 fully saturated rings. The number of rotatable bonds is 7. The largest absolute Gasteiger partial charge is 0.237 e. The fourth-order valence-corrected chi connectivity index (χ4v) is 2.22. The van der Waals surface area contributed by atoms with Crippen LogP contribution in [0.15, 0.2) is 29.2 Å². The molecule has 1 rings (SSSR count). The van der Waals surface area contributed by atoms with E-state index in [1.54, 1.807) is 31.2 Å². The molecule has 0 aliphatic rings. The molecule has 0 saturated carbocycles. The van der Waals surface area contributed by atoms with Crippen LogP contribution in [0.25, 0.3) is 0 Å². The first-order valence-corrected chi connectivity index (χ1v) is 7.31. The van der Waals surface area contributed by atoms with Crippen LogP contribution >= 0.6 is 0 Å². The molecule has 0 aromatic heterocycles. The minimum Gasteiger partial charge on any atom is -0.237 e. The van der Waals surface area contributed by atoms with Gasteiger partial charge in [-0.15, -0.1) is 0 Å². The molecule has 17 heavy (non-hydrogen) atoms. The second kappa shape index (κ2) is 6.74. The van der Waals surface area contributed by atoms with E-state index in [2.05, 4.69) is 0 Å². The Morgan fingerprint density at radius 2 is 1.71 bits per heavy atom. The van der Waals surface area contributed by atoms with Gasteiger partial charge in [0.2, 0.25) is 0 Å². The molecule has 0 unspecified atom stereocenters. The number of hydrogen-bond acceptors (Lipinski definition) is 4. The molecule has 0 N–H and O–H groups in total. The Balaban J connectivity index is 2.57. The Bertz CT molecular complexity index is 422. The van der Waals surface area contributed by atoms with Crippen LogP contribution in [0.2, 0.25) is 0 Å². The Labute approximate surface area is 102 Å². The summed E-state index contributed by atoms with van der Waals surface area (Å²) in [4.78, 5) is 10.0. The zero-order chi connectivity index (χ0) is 12.7. The molecular weight excluding hydrogens is 240 g/mol. The van der Waals surface area contributed by atoms with E-state index in [0.29, 0.717) is 24.5 Å². The molecule has 5 heteroatoms. The molecule has 0 spiro atoms.